The Morgan fingerprint density at radius 2 is 2.57 bits per heavy atom. The molecule has 2 heterocycles. The highest BCUT2D eigenvalue weighted by molar-refractivity contribution is 7.07. The molecule has 0 aliphatic carbocycles. The number of rotatable bonds is 5. The van der Waals surface area contributed by atoms with Crippen molar-refractivity contribution in [2.45, 2.75) is 25.4 Å². The van der Waals surface area contributed by atoms with Crippen LogP contribution in [0.1, 0.15) is 18.4 Å². The highest BCUT2D eigenvalue weighted by atomic mass is 32.1. The molecule has 1 atom stereocenters. The SMILES string of the molecule is c1cc(CCNCC2CCCO2)cs1. The molecule has 0 bridgehead atoms. The Kier molecular flexibility index (Phi) is 3.98. The van der Waals surface area contributed by atoms with Crippen LogP contribution in [0.3, 0.4) is 0 Å². The summed E-state index contributed by atoms with van der Waals surface area (Å²) in [6, 6.07) is 2.19. The molecule has 1 fully saturated rings. The standard InChI is InChI=1S/C11H17NOS/c1-2-11(13-6-1)8-12-5-3-10-4-7-14-9-10/h4,7,9,11-12H,1-3,5-6,8H2. The molecule has 0 saturated carbocycles. The van der Waals surface area contributed by atoms with E-state index in [1.54, 1.807) is 11.3 Å². The van der Waals surface area contributed by atoms with Crippen molar-refractivity contribution >= 4 is 11.3 Å². The fourth-order valence-electron chi connectivity index (χ4n) is 1.74. The van der Waals surface area contributed by atoms with Crippen LogP contribution in [0.25, 0.3) is 0 Å². The molecule has 0 radical (unpaired) electrons. The average molecular weight is 211 g/mol. The second kappa shape index (κ2) is 5.49. The van der Waals surface area contributed by atoms with Crippen LogP contribution < -0.4 is 5.32 Å². The van der Waals surface area contributed by atoms with Crippen molar-refractivity contribution < 1.29 is 4.74 Å². The van der Waals surface area contributed by atoms with Crippen LogP contribution in [0.4, 0.5) is 0 Å². The van der Waals surface area contributed by atoms with Crippen molar-refractivity contribution in [3.05, 3.63) is 22.4 Å². The first-order valence-electron chi connectivity index (χ1n) is 5.28. The van der Waals surface area contributed by atoms with Gasteiger partial charge in [0.05, 0.1) is 6.10 Å². The third kappa shape index (κ3) is 3.08. The van der Waals surface area contributed by atoms with Crippen LogP contribution in [0.2, 0.25) is 0 Å². The van der Waals surface area contributed by atoms with Crippen molar-refractivity contribution in [3.8, 4) is 0 Å². The second-order valence-electron chi connectivity index (χ2n) is 3.72. The first-order valence-corrected chi connectivity index (χ1v) is 6.23. The Bertz CT molecular complexity index is 242. The fraction of sp³-hybridized carbons (Fsp3) is 0.636. The zero-order chi connectivity index (χ0) is 9.64. The largest absolute Gasteiger partial charge is 0.377 e. The molecule has 2 nitrogen and oxygen atoms in total. The number of hydrogen-bond acceptors (Lipinski definition) is 3. The van der Waals surface area contributed by atoms with E-state index in [0.717, 1.165) is 26.1 Å². The minimum absolute atomic E-state index is 0.470. The van der Waals surface area contributed by atoms with Crippen LogP contribution in [0.15, 0.2) is 16.8 Å². The lowest BCUT2D eigenvalue weighted by atomic mass is 10.2. The number of hydrogen-bond donors (Lipinski definition) is 1. The number of ether oxygens (including phenoxy) is 1. The zero-order valence-corrected chi connectivity index (χ0v) is 9.19. The van der Waals surface area contributed by atoms with Crippen LogP contribution in [-0.2, 0) is 11.2 Å². The Morgan fingerprint density at radius 3 is 3.29 bits per heavy atom. The normalized spacial score (nSPS) is 21.6. The van der Waals surface area contributed by atoms with E-state index in [2.05, 4.69) is 22.1 Å². The summed E-state index contributed by atoms with van der Waals surface area (Å²) in [5.74, 6) is 0. The Labute approximate surface area is 89.3 Å². The molecular weight excluding hydrogens is 194 g/mol. The van der Waals surface area contributed by atoms with Gasteiger partial charge in [0, 0.05) is 13.2 Å². The molecule has 1 N–H and O–H groups in total. The molecule has 1 saturated heterocycles. The maximum atomic E-state index is 5.53. The summed E-state index contributed by atoms with van der Waals surface area (Å²) in [4.78, 5) is 0. The summed E-state index contributed by atoms with van der Waals surface area (Å²) in [7, 11) is 0. The first kappa shape index (κ1) is 10.1. The molecule has 0 amide bonds. The Hall–Kier alpha value is -0.380. The molecular formula is C11H17NOS. The summed E-state index contributed by atoms with van der Waals surface area (Å²) in [6.07, 6.45) is 4.07. The van der Waals surface area contributed by atoms with E-state index in [0.29, 0.717) is 6.10 Å². The molecule has 0 spiro atoms. The van der Waals surface area contributed by atoms with Gasteiger partial charge < -0.3 is 10.1 Å². The number of nitrogens with one attached hydrogen (secondary N) is 1. The van der Waals surface area contributed by atoms with Gasteiger partial charge in [-0.3, -0.25) is 0 Å². The molecule has 1 unspecified atom stereocenters. The van der Waals surface area contributed by atoms with Gasteiger partial charge in [0.15, 0.2) is 0 Å². The molecule has 1 aliphatic heterocycles. The van der Waals surface area contributed by atoms with Gasteiger partial charge in [-0.15, -0.1) is 0 Å². The second-order valence-corrected chi connectivity index (χ2v) is 4.50. The van der Waals surface area contributed by atoms with Gasteiger partial charge in [-0.1, -0.05) is 0 Å². The van der Waals surface area contributed by atoms with E-state index in [1.165, 1.54) is 18.4 Å². The molecule has 1 aromatic heterocycles. The van der Waals surface area contributed by atoms with Crippen molar-refractivity contribution in [2.24, 2.45) is 0 Å². The van der Waals surface area contributed by atoms with Crippen molar-refractivity contribution in [3.63, 3.8) is 0 Å². The van der Waals surface area contributed by atoms with Gasteiger partial charge in [-0.05, 0) is 48.2 Å². The minimum atomic E-state index is 0.470. The van der Waals surface area contributed by atoms with Gasteiger partial charge in [-0.25, -0.2) is 0 Å². The van der Waals surface area contributed by atoms with Crippen molar-refractivity contribution in [1.29, 1.82) is 0 Å². The molecule has 3 heteroatoms. The molecule has 14 heavy (non-hydrogen) atoms. The minimum Gasteiger partial charge on any atom is -0.377 e. The van der Waals surface area contributed by atoms with E-state index < -0.39 is 0 Å². The molecule has 78 valence electrons. The Morgan fingerprint density at radius 1 is 1.57 bits per heavy atom. The van der Waals surface area contributed by atoms with E-state index in [4.69, 9.17) is 4.74 Å². The highest BCUT2D eigenvalue weighted by Gasteiger charge is 2.13. The van der Waals surface area contributed by atoms with E-state index in [1.807, 2.05) is 0 Å². The zero-order valence-electron chi connectivity index (χ0n) is 8.37. The molecule has 1 aliphatic rings. The predicted molar refractivity (Wildman–Crippen MR) is 59.9 cm³/mol. The van der Waals surface area contributed by atoms with Gasteiger partial charge >= 0.3 is 0 Å². The van der Waals surface area contributed by atoms with Crippen LogP contribution in [-0.4, -0.2) is 25.8 Å². The van der Waals surface area contributed by atoms with Crippen LogP contribution >= 0.6 is 11.3 Å². The topological polar surface area (TPSA) is 21.3 Å². The monoisotopic (exact) mass is 211 g/mol. The van der Waals surface area contributed by atoms with Gasteiger partial charge in [0.1, 0.15) is 0 Å². The maximum absolute atomic E-state index is 5.53. The third-order valence-corrected chi connectivity index (χ3v) is 3.30. The first-order chi connectivity index (χ1) is 6.95. The number of thiophene rings is 1. The lowest BCUT2D eigenvalue weighted by Crippen LogP contribution is -2.27. The molecule has 1 aromatic rings. The lowest BCUT2D eigenvalue weighted by molar-refractivity contribution is 0.110. The quantitative estimate of drug-likeness (QED) is 0.753. The van der Waals surface area contributed by atoms with Crippen LogP contribution in [0, 0.1) is 0 Å². The summed E-state index contributed by atoms with van der Waals surface area (Å²) in [5, 5.41) is 7.80. The summed E-state index contributed by atoms with van der Waals surface area (Å²) in [5.41, 5.74) is 1.44. The Balaban J connectivity index is 1.55. The van der Waals surface area contributed by atoms with E-state index in [9.17, 15) is 0 Å². The van der Waals surface area contributed by atoms with Gasteiger partial charge in [0.2, 0.25) is 0 Å². The summed E-state index contributed by atoms with van der Waals surface area (Å²) < 4.78 is 5.53. The predicted octanol–water partition coefficient (Wildman–Crippen LogP) is 2.06. The maximum Gasteiger partial charge on any atom is 0.0700 e. The van der Waals surface area contributed by atoms with Gasteiger partial charge in [-0.2, -0.15) is 11.3 Å². The lowest BCUT2D eigenvalue weighted by Gasteiger charge is -2.09. The van der Waals surface area contributed by atoms with E-state index in [-0.39, 0.29) is 0 Å². The summed E-state index contributed by atoms with van der Waals surface area (Å²) in [6.45, 7) is 3.04. The van der Waals surface area contributed by atoms with Crippen molar-refractivity contribution in [2.75, 3.05) is 19.7 Å². The summed E-state index contributed by atoms with van der Waals surface area (Å²) >= 11 is 1.77. The van der Waals surface area contributed by atoms with Crippen molar-refractivity contribution in [1.82, 2.24) is 5.32 Å². The molecule has 0 aromatic carbocycles. The fourth-order valence-corrected chi connectivity index (χ4v) is 2.44. The smallest absolute Gasteiger partial charge is 0.0700 e. The average Bonchev–Trinajstić information content (AvgIpc) is 2.86. The third-order valence-electron chi connectivity index (χ3n) is 2.57. The molecule has 2 rings (SSSR count). The highest BCUT2D eigenvalue weighted by Crippen LogP contribution is 2.10. The van der Waals surface area contributed by atoms with E-state index >= 15 is 0 Å². The van der Waals surface area contributed by atoms with Crippen LogP contribution in [0.5, 0.6) is 0 Å². The van der Waals surface area contributed by atoms with Gasteiger partial charge in [0.25, 0.3) is 0 Å².